The van der Waals surface area contributed by atoms with Gasteiger partial charge in [-0.2, -0.15) is 0 Å². The van der Waals surface area contributed by atoms with E-state index in [1.54, 1.807) is 0 Å². The lowest BCUT2D eigenvalue weighted by molar-refractivity contribution is -0.140. The molecule has 0 amide bonds. The first kappa shape index (κ1) is 11.5. The summed E-state index contributed by atoms with van der Waals surface area (Å²) in [6, 6.07) is 0. The second kappa shape index (κ2) is 3.51. The number of aliphatic carboxylic acids is 1. The zero-order chi connectivity index (χ0) is 11.0. The Hall–Kier alpha value is -0.620. The molecular weight excluding hydrogens is 206 g/mol. The quantitative estimate of drug-likeness (QED) is 0.742. The van der Waals surface area contributed by atoms with E-state index in [0.717, 1.165) is 4.31 Å². The van der Waals surface area contributed by atoms with E-state index in [-0.39, 0.29) is 12.8 Å². The zero-order valence-electron chi connectivity index (χ0n) is 8.36. The summed E-state index contributed by atoms with van der Waals surface area (Å²) in [6.45, 7) is 0. The van der Waals surface area contributed by atoms with Crippen molar-refractivity contribution in [3.8, 4) is 0 Å². The van der Waals surface area contributed by atoms with Crippen molar-refractivity contribution in [2.24, 2.45) is 0 Å². The summed E-state index contributed by atoms with van der Waals surface area (Å²) in [6.07, 6.45) is 1.78. The summed E-state index contributed by atoms with van der Waals surface area (Å²) >= 11 is 0. The second-order valence-corrected chi connectivity index (χ2v) is 6.26. The van der Waals surface area contributed by atoms with Crippen molar-refractivity contribution in [1.82, 2.24) is 4.31 Å². The molecule has 0 radical (unpaired) electrons. The third-order valence-corrected chi connectivity index (χ3v) is 5.31. The van der Waals surface area contributed by atoms with Crippen molar-refractivity contribution >= 4 is 16.0 Å². The van der Waals surface area contributed by atoms with Crippen LogP contribution in [0.3, 0.4) is 0 Å². The van der Waals surface area contributed by atoms with E-state index < -0.39 is 20.7 Å². The number of carbonyl (C=O) groups is 1. The minimum absolute atomic E-state index is 0.225. The van der Waals surface area contributed by atoms with Gasteiger partial charge in [0, 0.05) is 14.1 Å². The number of hydrogen-bond donors (Lipinski definition) is 1. The molecule has 0 spiro atoms. The van der Waals surface area contributed by atoms with Crippen LogP contribution in [0.4, 0.5) is 0 Å². The largest absolute Gasteiger partial charge is 0.480 e. The lowest BCUT2D eigenvalue weighted by Crippen LogP contribution is -2.49. The minimum Gasteiger partial charge on any atom is -0.480 e. The summed E-state index contributed by atoms with van der Waals surface area (Å²) in [4.78, 5) is 11.1. The molecule has 0 heterocycles. The van der Waals surface area contributed by atoms with E-state index in [0.29, 0.717) is 12.8 Å². The van der Waals surface area contributed by atoms with E-state index >= 15 is 0 Å². The van der Waals surface area contributed by atoms with E-state index in [1.165, 1.54) is 14.1 Å². The summed E-state index contributed by atoms with van der Waals surface area (Å²) < 4.78 is 23.1. The number of carboxylic acids is 1. The first-order valence-electron chi connectivity index (χ1n) is 4.50. The van der Waals surface area contributed by atoms with Crippen LogP contribution in [-0.4, -0.2) is 42.6 Å². The zero-order valence-corrected chi connectivity index (χ0v) is 9.17. The number of hydrogen-bond acceptors (Lipinski definition) is 3. The Morgan fingerprint density at radius 1 is 1.29 bits per heavy atom. The molecule has 14 heavy (non-hydrogen) atoms. The number of nitrogens with zero attached hydrogens (tertiary/aromatic N) is 1. The molecule has 1 fully saturated rings. The standard InChI is InChI=1S/C8H15NO4S/c1-9(2)14(12,13)8(7(10)11)5-3-4-6-8/h3-6H2,1-2H3,(H,10,11). The van der Waals surface area contributed by atoms with Crippen LogP contribution in [-0.2, 0) is 14.8 Å². The molecule has 0 aromatic carbocycles. The number of rotatable bonds is 3. The highest BCUT2D eigenvalue weighted by Gasteiger charge is 2.53. The lowest BCUT2D eigenvalue weighted by atomic mass is 10.1. The number of carboxylic acid groups (broad SMARTS) is 1. The Labute approximate surface area is 83.8 Å². The molecule has 1 N–H and O–H groups in total. The molecule has 0 atom stereocenters. The topological polar surface area (TPSA) is 74.7 Å². The predicted molar refractivity (Wildman–Crippen MR) is 51.4 cm³/mol. The van der Waals surface area contributed by atoms with Gasteiger partial charge in [0.1, 0.15) is 0 Å². The van der Waals surface area contributed by atoms with Gasteiger partial charge in [-0.1, -0.05) is 12.8 Å². The average molecular weight is 221 g/mol. The molecule has 0 aromatic rings. The van der Waals surface area contributed by atoms with E-state index in [2.05, 4.69) is 0 Å². The fourth-order valence-electron chi connectivity index (χ4n) is 1.88. The summed E-state index contributed by atoms with van der Waals surface area (Å²) in [5.41, 5.74) is 0. The molecule has 5 nitrogen and oxygen atoms in total. The van der Waals surface area contributed by atoms with Crippen LogP contribution in [0.25, 0.3) is 0 Å². The SMILES string of the molecule is CN(C)S(=O)(=O)C1(C(=O)O)CCCC1. The third-order valence-electron chi connectivity index (χ3n) is 2.78. The average Bonchev–Trinajstić information content (AvgIpc) is 2.52. The van der Waals surface area contributed by atoms with E-state index in [4.69, 9.17) is 5.11 Å². The van der Waals surface area contributed by atoms with Crippen LogP contribution >= 0.6 is 0 Å². The van der Waals surface area contributed by atoms with Crippen LogP contribution in [0.5, 0.6) is 0 Å². The van der Waals surface area contributed by atoms with Gasteiger partial charge in [-0.05, 0) is 12.8 Å². The summed E-state index contributed by atoms with van der Waals surface area (Å²) in [5, 5.41) is 9.04. The molecule has 1 aliphatic rings. The second-order valence-electron chi connectivity index (χ2n) is 3.79. The highest BCUT2D eigenvalue weighted by Crippen LogP contribution is 2.38. The van der Waals surface area contributed by atoms with Gasteiger partial charge >= 0.3 is 5.97 Å². The maximum atomic E-state index is 11.8. The molecule has 0 aliphatic heterocycles. The number of sulfonamides is 1. The summed E-state index contributed by atoms with van der Waals surface area (Å²) in [5.74, 6) is -1.22. The van der Waals surface area contributed by atoms with Crippen LogP contribution < -0.4 is 0 Å². The molecular formula is C8H15NO4S. The Bertz CT molecular complexity index is 327. The predicted octanol–water partition coefficient (Wildman–Crippen LogP) is 0.275. The van der Waals surface area contributed by atoms with Gasteiger partial charge in [-0.3, -0.25) is 4.79 Å². The molecule has 82 valence electrons. The molecule has 1 aliphatic carbocycles. The van der Waals surface area contributed by atoms with Gasteiger partial charge < -0.3 is 5.11 Å². The fourth-order valence-corrected chi connectivity index (χ4v) is 3.60. The highest BCUT2D eigenvalue weighted by molar-refractivity contribution is 7.91. The molecule has 1 rings (SSSR count). The fraction of sp³-hybridized carbons (Fsp3) is 0.875. The molecule has 1 saturated carbocycles. The van der Waals surface area contributed by atoms with Gasteiger partial charge in [-0.15, -0.1) is 0 Å². The Balaban J connectivity index is 3.19. The first-order valence-corrected chi connectivity index (χ1v) is 5.94. The Morgan fingerprint density at radius 3 is 2.00 bits per heavy atom. The van der Waals surface area contributed by atoms with Crippen molar-refractivity contribution in [3.05, 3.63) is 0 Å². The van der Waals surface area contributed by atoms with Gasteiger partial charge in [-0.25, -0.2) is 12.7 Å². The van der Waals surface area contributed by atoms with Gasteiger partial charge in [0.2, 0.25) is 10.0 Å². The molecule has 0 unspecified atom stereocenters. The molecule has 0 saturated heterocycles. The smallest absolute Gasteiger partial charge is 0.326 e. The van der Waals surface area contributed by atoms with Crippen molar-refractivity contribution in [3.63, 3.8) is 0 Å². The van der Waals surface area contributed by atoms with Gasteiger partial charge in [0.25, 0.3) is 0 Å². The lowest BCUT2D eigenvalue weighted by Gasteiger charge is -2.27. The van der Waals surface area contributed by atoms with E-state index in [1.807, 2.05) is 0 Å². The van der Waals surface area contributed by atoms with Crippen LogP contribution in [0.15, 0.2) is 0 Å². The van der Waals surface area contributed by atoms with Crippen LogP contribution in [0.2, 0.25) is 0 Å². The van der Waals surface area contributed by atoms with Crippen molar-refractivity contribution in [2.75, 3.05) is 14.1 Å². The van der Waals surface area contributed by atoms with Crippen molar-refractivity contribution in [1.29, 1.82) is 0 Å². The molecule has 0 aromatic heterocycles. The van der Waals surface area contributed by atoms with Gasteiger partial charge in [0.05, 0.1) is 0 Å². The molecule has 0 bridgehead atoms. The van der Waals surface area contributed by atoms with E-state index in [9.17, 15) is 13.2 Å². The minimum atomic E-state index is -3.70. The maximum Gasteiger partial charge on any atom is 0.326 e. The first-order chi connectivity index (χ1) is 6.34. The van der Waals surface area contributed by atoms with Crippen molar-refractivity contribution in [2.45, 2.75) is 30.4 Å². The monoisotopic (exact) mass is 221 g/mol. The Morgan fingerprint density at radius 2 is 1.71 bits per heavy atom. The van der Waals surface area contributed by atoms with Crippen LogP contribution in [0.1, 0.15) is 25.7 Å². The highest BCUT2D eigenvalue weighted by atomic mass is 32.2. The normalized spacial score (nSPS) is 21.4. The third kappa shape index (κ3) is 1.42. The van der Waals surface area contributed by atoms with Crippen molar-refractivity contribution < 1.29 is 18.3 Å². The summed E-state index contributed by atoms with van der Waals surface area (Å²) in [7, 11) is -0.957. The van der Waals surface area contributed by atoms with Gasteiger partial charge in [0.15, 0.2) is 4.75 Å². The maximum absolute atomic E-state index is 11.8. The Kier molecular flexibility index (Phi) is 2.87. The van der Waals surface area contributed by atoms with Crippen LogP contribution in [0, 0.1) is 0 Å². The molecule has 6 heteroatoms.